The van der Waals surface area contributed by atoms with Crippen LogP contribution in [0.5, 0.6) is 5.75 Å². The highest BCUT2D eigenvalue weighted by atomic mass is 79.9. The number of benzene rings is 2. The first-order chi connectivity index (χ1) is 12.6. The van der Waals surface area contributed by atoms with Crippen LogP contribution < -0.4 is 9.64 Å². The SMILES string of the molecule is COC(=O)c1ccc(OCC2CC(=O)N(c3ccc(CBr)cc3)C2)cc1. The maximum atomic E-state index is 12.3. The largest absolute Gasteiger partial charge is 0.493 e. The van der Waals surface area contributed by atoms with Gasteiger partial charge < -0.3 is 14.4 Å². The summed E-state index contributed by atoms with van der Waals surface area (Å²) in [5.74, 6) is 0.551. The number of anilines is 1. The number of carbonyl (C=O) groups excluding carboxylic acids is 2. The van der Waals surface area contributed by atoms with Gasteiger partial charge >= 0.3 is 5.97 Å². The molecule has 1 amide bonds. The van der Waals surface area contributed by atoms with E-state index in [0.29, 0.717) is 30.9 Å². The molecule has 0 aliphatic carbocycles. The van der Waals surface area contributed by atoms with Gasteiger partial charge in [-0.2, -0.15) is 0 Å². The molecular weight excluding hydrogens is 398 g/mol. The molecule has 6 heteroatoms. The summed E-state index contributed by atoms with van der Waals surface area (Å²) in [6.45, 7) is 1.10. The molecule has 1 unspecified atom stereocenters. The van der Waals surface area contributed by atoms with Gasteiger partial charge in [-0.1, -0.05) is 28.1 Å². The number of hydrogen-bond acceptors (Lipinski definition) is 4. The van der Waals surface area contributed by atoms with E-state index < -0.39 is 0 Å². The average molecular weight is 418 g/mol. The van der Waals surface area contributed by atoms with E-state index >= 15 is 0 Å². The van der Waals surface area contributed by atoms with Crippen molar-refractivity contribution in [1.82, 2.24) is 0 Å². The van der Waals surface area contributed by atoms with Gasteiger partial charge in [0.15, 0.2) is 0 Å². The average Bonchev–Trinajstić information content (AvgIpc) is 3.07. The van der Waals surface area contributed by atoms with Gasteiger partial charge in [0.1, 0.15) is 5.75 Å². The maximum absolute atomic E-state index is 12.3. The molecule has 1 heterocycles. The number of rotatable bonds is 6. The van der Waals surface area contributed by atoms with Crippen LogP contribution in [0.15, 0.2) is 48.5 Å². The highest BCUT2D eigenvalue weighted by molar-refractivity contribution is 9.08. The summed E-state index contributed by atoms with van der Waals surface area (Å²) in [7, 11) is 1.35. The molecule has 1 atom stereocenters. The normalized spacial score (nSPS) is 16.6. The zero-order chi connectivity index (χ0) is 18.5. The Labute approximate surface area is 161 Å². The predicted molar refractivity (Wildman–Crippen MR) is 103 cm³/mol. The van der Waals surface area contributed by atoms with Crippen molar-refractivity contribution < 1.29 is 19.1 Å². The van der Waals surface area contributed by atoms with Crippen LogP contribution in [-0.4, -0.2) is 32.1 Å². The third kappa shape index (κ3) is 4.25. The van der Waals surface area contributed by atoms with Crippen molar-refractivity contribution in [2.45, 2.75) is 11.8 Å². The monoisotopic (exact) mass is 417 g/mol. The van der Waals surface area contributed by atoms with Gasteiger partial charge in [-0.15, -0.1) is 0 Å². The fourth-order valence-electron chi connectivity index (χ4n) is 2.93. The van der Waals surface area contributed by atoms with E-state index in [4.69, 9.17) is 4.74 Å². The third-order valence-corrected chi connectivity index (χ3v) is 5.02. The van der Waals surface area contributed by atoms with Crippen LogP contribution in [-0.2, 0) is 14.9 Å². The molecule has 5 nitrogen and oxygen atoms in total. The fraction of sp³-hybridized carbons (Fsp3) is 0.300. The lowest BCUT2D eigenvalue weighted by atomic mass is 10.1. The first-order valence-corrected chi connectivity index (χ1v) is 9.49. The molecule has 2 aromatic carbocycles. The van der Waals surface area contributed by atoms with E-state index in [-0.39, 0.29) is 17.8 Å². The first kappa shape index (κ1) is 18.5. The van der Waals surface area contributed by atoms with Crippen molar-refractivity contribution in [3.05, 3.63) is 59.7 Å². The van der Waals surface area contributed by atoms with E-state index in [1.165, 1.54) is 12.7 Å². The van der Waals surface area contributed by atoms with Gasteiger partial charge in [-0.3, -0.25) is 4.79 Å². The summed E-state index contributed by atoms with van der Waals surface area (Å²) < 4.78 is 10.5. The molecule has 3 rings (SSSR count). The molecule has 0 saturated carbocycles. The highest BCUT2D eigenvalue weighted by Gasteiger charge is 2.31. The smallest absolute Gasteiger partial charge is 0.337 e. The number of alkyl halides is 1. The van der Waals surface area contributed by atoms with E-state index in [2.05, 4.69) is 20.7 Å². The lowest BCUT2D eigenvalue weighted by Crippen LogP contribution is -2.25. The Hall–Kier alpha value is -2.34. The molecule has 1 fully saturated rings. The molecule has 0 radical (unpaired) electrons. The lowest BCUT2D eigenvalue weighted by molar-refractivity contribution is -0.117. The molecule has 1 saturated heterocycles. The Morgan fingerprint density at radius 1 is 1.15 bits per heavy atom. The Morgan fingerprint density at radius 3 is 2.46 bits per heavy atom. The number of nitrogens with zero attached hydrogens (tertiary/aromatic N) is 1. The second-order valence-electron chi connectivity index (χ2n) is 6.20. The predicted octanol–water partition coefficient (Wildman–Crippen LogP) is 3.80. The van der Waals surface area contributed by atoms with Gasteiger partial charge in [0.2, 0.25) is 5.91 Å². The molecular formula is C20H20BrNO4. The number of halogens is 1. The van der Waals surface area contributed by atoms with Gasteiger partial charge in [-0.25, -0.2) is 4.79 Å². The van der Waals surface area contributed by atoms with Crippen LogP contribution in [0.4, 0.5) is 5.69 Å². The number of methoxy groups -OCH3 is 1. The minimum Gasteiger partial charge on any atom is -0.493 e. The van der Waals surface area contributed by atoms with E-state index in [1.54, 1.807) is 24.3 Å². The van der Waals surface area contributed by atoms with Crippen molar-refractivity contribution >= 4 is 33.5 Å². The van der Waals surface area contributed by atoms with E-state index in [9.17, 15) is 9.59 Å². The van der Waals surface area contributed by atoms with Crippen molar-refractivity contribution in [3.63, 3.8) is 0 Å². The van der Waals surface area contributed by atoms with E-state index in [0.717, 1.165) is 11.0 Å². The summed E-state index contributed by atoms with van der Waals surface area (Å²) in [6.07, 6.45) is 0.473. The zero-order valence-corrected chi connectivity index (χ0v) is 16.1. The first-order valence-electron chi connectivity index (χ1n) is 8.37. The molecule has 0 N–H and O–H groups in total. The minimum atomic E-state index is -0.375. The lowest BCUT2D eigenvalue weighted by Gasteiger charge is -2.17. The fourth-order valence-corrected chi connectivity index (χ4v) is 3.30. The van der Waals surface area contributed by atoms with Crippen molar-refractivity contribution in [3.8, 4) is 5.75 Å². The van der Waals surface area contributed by atoms with Crippen LogP contribution in [0.3, 0.4) is 0 Å². The molecule has 0 aromatic heterocycles. The highest BCUT2D eigenvalue weighted by Crippen LogP contribution is 2.26. The van der Waals surface area contributed by atoms with Crippen LogP contribution in [0.25, 0.3) is 0 Å². The molecule has 0 bridgehead atoms. The second-order valence-corrected chi connectivity index (χ2v) is 6.76. The van der Waals surface area contributed by atoms with Gasteiger partial charge in [0.05, 0.1) is 19.3 Å². The summed E-state index contributed by atoms with van der Waals surface area (Å²) >= 11 is 3.42. The summed E-state index contributed by atoms with van der Waals surface area (Å²) in [5.41, 5.74) is 2.58. The number of ether oxygens (including phenoxy) is 2. The molecule has 1 aliphatic rings. The number of hydrogen-bond donors (Lipinski definition) is 0. The summed E-state index contributed by atoms with van der Waals surface area (Å²) in [5, 5.41) is 0.798. The Balaban J connectivity index is 1.56. The molecule has 0 spiro atoms. The van der Waals surface area contributed by atoms with Crippen molar-refractivity contribution in [1.29, 1.82) is 0 Å². The van der Waals surface area contributed by atoms with Crippen molar-refractivity contribution in [2.75, 3.05) is 25.2 Å². The van der Waals surface area contributed by atoms with Crippen LogP contribution in [0.1, 0.15) is 22.3 Å². The Morgan fingerprint density at radius 2 is 1.85 bits per heavy atom. The minimum absolute atomic E-state index is 0.117. The molecule has 26 heavy (non-hydrogen) atoms. The van der Waals surface area contributed by atoms with Gasteiger partial charge in [-0.05, 0) is 42.0 Å². The zero-order valence-electron chi connectivity index (χ0n) is 14.5. The number of amides is 1. The second kappa shape index (κ2) is 8.36. The summed E-state index contributed by atoms with van der Waals surface area (Å²) in [4.78, 5) is 25.6. The Bertz CT molecular complexity index is 773. The maximum Gasteiger partial charge on any atom is 0.337 e. The standard InChI is InChI=1S/C20H20BrNO4/c1-25-20(24)16-4-8-18(9-5-16)26-13-15-10-19(23)22(12-15)17-6-2-14(11-21)3-7-17/h2-9,15H,10-13H2,1H3. The molecule has 136 valence electrons. The van der Waals surface area contributed by atoms with Crippen LogP contribution >= 0.6 is 15.9 Å². The van der Waals surface area contributed by atoms with Crippen LogP contribution in [0.2, 0.25) is 0 Å². The van der Waals surface area contributed by atoms with Crippen LogP contribution in [0, 0.1) is 5.92 Å². The van der Waals surface area contributed by atoms with Gasteiger partial charge in [0.25, 0.3) is 0 Å². The van der Waals surface area contributed by atoms with Gasteiger partial charge in [0, 0.05) is 29.9 Å². The number of esters is 1. The number of carbonyl (C=O) groups is 2. The molecule has 2 aromatic rings. The third-order valence-electron chi connectivity index (χ3n) is 4.37. The Kier molecular flexibility index (Phi) is 5.93. The quantitative estimate of drug-likeness (QED) is 0.529. The molecule has 1 aliphatic heterocycles. The topological polar surface area (TPSA) is 55.8 Å². The van der Waals surface area contributed by atoms with Crippen molar-refractivity contribution in [2.24, 2.45) is 5.92 Å². The summed E-state index contributed by atoms with van der Waals surface area (Å²) in [6, 6.07) is 14.8. The van der Waals surface area contributed by atoms with E-state index in [1.807, 2.05) is 29.2 Å².